The maximum Gasteiger partial charge on any atom is 0.264 e. The third kappa shape index (κ3) is 7.41. The zero-order chi connectivity index (χ0) is 27.9. The van der Waals surface area contributed by atoms with E-state index in [-0.39, 0.29) is 23.0 Å². The number of nitrogens with one attached hydrogen (secondary N) is 1. The molecule has 2 amide bonds. The molecule has 0 aliphatic rings. The third-order valence-corrected chi connectivity index (χ3v) is 8.30. The van der Waals surface area contributed by atoms with Crippen molar-refractivity contribution in [3.63, 3.8) is 0 Å². The molecule has 3 rings (SSSR count). The van der Waals surface area contributed by atoms with E-state index in [1.165, 1.54) is 4.90 Å². The van der Waals surface area contributed by atoms with Crippen molar-refractivity contribution >= 4 is 43.5 Å². The Morgan fingerprint density at radius 2 is 1.58 bits per heavy atom. The lowest BCUT2D eigenvalue weighted by Gasteiger charge is -2.32. The maximum absolute atomic E-state index is 13.8. The van der Waals surface area contributed by atoms with Gasteiger partial charge >= 0.3 is 0 Å². The molecule has 202 valence electrons. The number of aryl methyl sites for hydroxylation is 1. The molecular weight excluding hydrogens is 573 g/mol. The van der Waals surface area contributed by atoms with Gasteiger partial charge in [0, 0.05) is 17.6 Å². The average molecular weight is 605 g/mol. The summed E-state index contributed by atoms with van der Waals surface area (Å²) in [6.07, 6.45) is 0.732. The number of carbonyl (C=O) groups excluding carboxylic acids is 2. The molecule has 7 nitrogen and oxygen atoms in total. The molecule has 0 fully saturated rings. The Bertz CT molecular complexity index is 1350. The molecular formula is C28H31BrFN3O4S. The van der Waals surface area contributed by atoms with Crippen LogP contribution in [0.25, 0.3) is 0 Å². The minimum atomic E-state index is -4.24. The number of rotatable bonds is 11. The molecule has 0 unspecified atom stereocenters. The van der Waals surface area contributed by atoms with Crippen molar-refractivity contribution in [2.24, 2.45) is 0 Å². The Morgan fingerprint density at radius 3 is 2.16 bits per heavy atom. The van der Waals surface area contributed by atoms with E-state index in [1.807, 2.05) is 38.1 Å². The van der Waals surface area contributed by atoms with E-state index in [9.17, 15) is 22.4 Å². The second-order valence-electron chi connectivity index (χ2n) is 8.92. The first-order valence-electron chi connectivity index (χ1n) is 12.2. The molecule has 0 saturated heterocycles. The van der Waals surface area contributed by atoms with Gasteiger partial charge in [-0.2, -0.15) is 0 Å². The van der Waals surface area contributed by atoms with Gasteiger partial charge in [0.25, 0.3) is 10.0 Å². The van der Waals surface area contributed by atoms with Crippen LogP contribution in [0.1, 0.15) is 31.4 Å². The summed E-state index contributed by atoms with van der Waals surface area (Å²) in [5.41, 5.74) is 1.97. The molecule has 10 heteroatoms. The Morgan fingerprint density at radius 1 is 0.974 bits per heavy atom. The summed E-state index contributed by atoms with van der Waals surface area (Å²) in [4.78, 5) is 27.9. The Hall–Kier alpha value is -3.24. The van der Waals surface area contributed by atoms with Gasteiger partial charge in [0.15, 0.2) is 0 Å². The van der Waals surface area contributed by atoms with Crippen molar-refractivity contribution < 1.29 is 22.4 Å². The minimum Gasteiger partial charge on any atom is -0.354 e. The number of nitrogens with zero attached hydrogens (tertiary/aromatic N) is 2. The highest BCUT2D eigenvalue weighted by atomic mass is 79.9. The van der Waals surface area contributed by atoms with Crippen molar-refractivity contribution in [3.05, 3.63) is 94.2 Å². The van der Waals surface area contributed by atoms with E-state index in [2.05, 4.69) is 21.2 Å². The molecule has 0 aliphatic carbocycles. The van der Waals surface area contributed by atoms with Crippen LogP contribution in [0.5, 0.6) is 0 Å². The summed E-state index contributed by atoms with van der Waals surface area (Å²) in [7, 11) is -4.24. The van der Waals surface area contributed by atoms with Gasteiger partial charge in [-0.3, -0.25) is 13.9 Å². The first-order valence-corrected chi connectivity index (χ1v) is 14.4. The van der Waals surface area contributed by atoms with Gasteiger partial charge in [0.2, 0.25) is 11.8 Å². The summed E-state index contributed by atoms with van der Waals surface area (Å²) < 4.78 is 42.7. The second-order valence-corrected chi connectivity index (χ2v) is 11.7. The van der Waals surface area contributed by atoms with Gasteiger partial charge in [-0.25, -0.2) is 12.8 Å². The highest BCUT2D eigenvalue weighted by Gasteiger charge is 2.32. The molecule has 1 N–H and O–H groups in total. The van der Waals surface area contributed by atoms with E-state index in [0.717, 1.165) is 50.6 Å². The summed E-state index contributed by atoms with van der Waals surface area (Å²) >= 11 is 3.39. The SMILES string of the molecule is CCCNC(=O)[C@H](C)N(Cc1ccc(Br)cc1)C(=O)CN(c1ccc(C)cc1)S(=O)(=O)c1ccc(F)cc1. The number of anilines is 1. The molecule has 0 heterocycles. The largest absolute Gasteiger partial charge is 0.354 e. The third-order valence-electron chi connectivity index (χ3n) is 5.99. The summed E-state index contributed by atoms with van der Waals surface area (Å²) in [5, 5.41) is 2.81. The van der Waals surface area contributed by atoms with E-state index in [4.69, 9.17) is 0 Å². The molecule has 0 aromatic heterocycles. The van der Waals surface area contributed by atoms with Crippen molar-refractivity contribution in [2.75, 3.05) is 17.4 Å². The number of benzene rings is 3. The number of carbonyl (C=O) groups is 2. The summed E-state index contributed by atoms with van der Waals surface area (Å²) in [6, 6.07) is 17.6. The molecule has 0 bridgehead atoms. The molecule has 3 aromatic carbocycles. The molecule has 1 atom stereocenters. The predicted molar refractivity (Wildman–Crippen MR) is 150 cm³/mol. The lowest BCUT2D eigenvalue weighted by atomic mass is 10.1. The molecule has 0 aliphatic heterocycles. The van der Waals surface area contributed by atoms with Crippen LogP contribution in [0.4, 0.5) is 10.1 Å². The van der Waals surface area contributed by atoms with Crippen molar-refractivity contribution in [3.8, 4) is 0 Å². The Kier molecular flexibility index (Phi) is 10.0. The molecule has 3 aromatic rings. The quantitative estimate of drug-likeness (QED) is 0.333. The number of amides is 2. The first kappa shape index (κ1) is 29.3. The fourth-order valence-electron chi connectivity index (χ4n) is 3.74. The van der Waals surface area contributed by atoms with Crippen LogP contribution in [0.2, 0.25) is 0 Å². The van der Waals surface area contributed by atoms with Crippen molar-refractivity contribution in [1.29, 1.82) is 0 Å². The van der Waals surface area contributed by atoms with Crippen LogP contribution in [0.15, 0.2) is 82.2 Å². The van der Waals surface area contributed by atoms with Crippen molar-refractivity contribution in [2.45, 2.75) is 44.7 Å². The first-order chi connectivity index (χ1) is 18.0. The summed E-state index contributed by atoms with van der Waals surface area (Å²) in [5.74, 6) is -1.46. The zero-order valence-electron chi connectivity index (χ0n) is 21.5. The minimum absolute atomic E-state index is 0.102. The standard InChI is InChI=1S/C28H31BrFN3O4S/c1-4-17-31-28(35)21(3)32(18-22-7-9-23(29)10-8-22)27(34)19-33(25-13-5-20(2)6-14-25)38(36,37)26-15-11-24(30)12-16-26/h5-16,21H,4,17-19H2,1-3H3,(H,31,35)/t21-/m0/s1. The molecule has 0 radical (unpaired) electrons. The number of hydrogen-bond donors (Lipinski definition) is 1. The molecule has 38 heavy (non-hydrogen) atoms. The summed E-state index contributed by atoms with van der Waals surface area (Å²) in [6.45, 7) is 5.42. The van der Waals surface area contributed by atoms with Crippen LogP contribution in [0.3, 0.4) is 0 Å². The smallest absolute Gasteiger partial charge is 0.264 e. The van der Waals surface area contributed by atoms with Crippen LogP contribution in [-0.4, -0.2) is 44.3 Å². The van der Waals surface area contributed by atoms with Gasteiger partial charge < -0.3 is 10.2 Å². The highest BCUT2D eigenvalue weighted by Crippen LogP contribution is 2.25. The van der Waals surface area contributed by atoms with Crippen LogP contribution < -0.4 is 9.62 Å². The van der Waals surface area contributed by atoms with Gasteiger partial charge in [0.05, 0.1) is 10.6 Å². The molecule has 0 saturated carbocycles. The number of halogens is 2. The average Bonchev–Trinajstić information content (AvgIpc) is 2.90. The maximum atomic E-state index is 13.8. The van der Waals surface area contributed by atoms with Crippen LogP contribution >= 0.6 is 15.9 Å². The second kappa shape index (κ2) is 13.0. The number of hydrogen-bond acceptors (Lipinski definition) is 4. The zero-order valence-corrected chi connectivity index (χ0v) is 23.9. The molecule has 0 spiro atoms. The van der Waals surface area contributed by atoms with Gasteiger partial charge in [-0.05, 0) is 74.4 Å². The van der Waals surface area contributed by atoms with Gasteiger partial charge in [0.1, 0.15) is 18.4 Å². The van der Waals surface area contributed by atoms with E-state index in [0.29, 0.717) is 6.54 Å². The van der Waals surface area contributed by atoms with Crippen LogP contribution in [-0.2, 0) is 26.2 Å². The number of sulfonamides is 1. The highest BCUT2D eigenvalue weighted by molar-refractivity contribution is 9.10. The van der Waals surface area contributed by atoms with E-state index >= 15 is 0 Å². The fourth-order valence-corrected chi connectivity index (χ4v) is 5.42. The lowest BCUT2D eigenvalue weighted by molar-refractivity contribution is -0.139. The Labute approximate surface area is 231 Å². The fraction of sp³-hybridized carbons (Fsp3) is 0.286. The van der Waals surface area contributed by atoms with Gasteiger partial charge in [-0.15, -0.1) is 0 Å². The lowest BCUT2D eigenvalue weighted by Crippen LogP contribution is -2.51. The normalized spacial score (nSPS) is 12.0. The predicted octanol–water partition coefficient (Wildman–Crippen LogP) is 5.04. The van der Waals surface area contributed by atoms with Crippen LogP contribution in [0, 0.1) is 12.7 Å². The topological polar surface area (TPSA) is 86.8 Å². The monoisotopic (exact) mass is 603 g/mol. The van der Waals surface area contributed by atoms with E-state index in [1.54, 1.807) is 31.2 Å². The van der Waals surface area contributed by atoms with Gasteiger partial charge in [-0.1, -0.05) is 52.7 Å². The van der Waals surface area contributed by atoms with Crippen molar-refractivity contribution in [1.82, 2.24) is 10.2 Å². The van der Waals surface area contributed by atoms with E-state index < -0.39 is 34.3 Å². The Balaban J connectivity index is 2.00.